The third-order valence-corrected chi connectivity index (χ3v) is 1.58. The van der Waals surface area contributed by atoms with Crippen molar-refractivity contribution in [2.75, 3.05) is 0 Å². The molecule has 0 spiro atoms. The van der Waals surface area contributed by atoms with Crippen molar-refractivity contribution in [2.24, 2.45) is 0 Å². The highest BCUT2D eigenvalue weighted by atomic mass is 28.2. The van der Waals surface area contributed by atoms with Gasteiger partial charge in [0.15, 0.2) is 0 Å². The summed E-state index contributed by atoms with van der Waals surface area (Å²) in [5.74, 6) is 0. The predicted octanol–water partition coefficient (Wildman–Crippen LogP) is 0.527. The smallest absolute Gasteiger partial charge is 0.103 e. The third-order valence-electron chi connectivity index (χ3n) is 1.24. The number of hydrogen-bond donors (Lipinski definition) is 1. The molecule has 0 amide bonds. The molecule has 1 aromatic carbocycles. The van der Waals surface area contributed by atoms with Crippen LogP contribution < -0.4 is 4.98 Å². The Bertz CT molecular complexity index is 206. The minimum Gasteiger partial charge on any atom is -0.424 e. The lowest BCUT2D eigenvalue weighted by atomic mass is 10.2. The van der Waals surface area contributed by atoms with Crippen LogP contribution in [0.4, 0.5) is 0 Å². The molecule has 0 bridgehead atoms. The van der Waals surface area contributed by atoms with Crippen molar-refractivity contribution in [1.82, 2.24) is 4.98 Å². The molecule has 0 atom stereocenters. The summed E-state index contributed by atoms with van der Waals surface area (Å²) in [5.41, 5.74) is 1.24. The lowest BCUT2D eigenvalue weighted by Crippen LogP contribution is -1.93. The summed E-state index contributed by atoms with van der Waals surface area (Å²) in [6.45, 7) is 0. The van der Waals surface area contributed by atoms with Crippen molar-refractivity contribution >= 4 is 16.5 Å². The van der Waals surface area contributed by atoms with Crippen LogP contribution in [-0.2, 0) is 0 Å². The van der Waals surface area contributed by atoms with Gasteiger partial charge in [0.2, 0.25) is 0 Å². The summed E-state index contributed by atoms with van der Waals surface area (Å²) in [6.07, 6.45) is 4.04. The van der Waals surface area contributed by atoms with Crippen LogP contribution in [0.25, 0.3) is 6.08 Å². The van der Waals surface area contributed by atoms with Crippen molar-refractivity contribution < 1.29 is 0 Å². The van der Waals surface area contributed by atoms with Gasteiger partial charge in [-0.15, -0.1) is 0 Å². The molecule has 0 radical (unpaired) electrons. The van der Waals surface area contributed by atoms with Gasteiger partial charge in [0.1, 0.15) is 10.4 Å². The average Bonchev–Trinajstić information content (AvgIpc) is 2.03. The van der Waals surface area contributed by atoms with Crippen LogP contribution in [0.5, 0.6) is 0 Å². The number of nitrogens with one attached hydrogen (secondary N) is 1. The fourth-order valence-corrected chi connectivity index (χ4v) is 0.910. The number of rotatable bonds is 2. The second-order valence-corrected chi connectivity index (χ2v) is 2.61. The van der Waals surface area contributed by atoms with Gasteiger partial charge in [0.25, 0.3) is 0 Å². The Morgan fingerprint density at radius 2 is 1.90 bits per heavy atom. The summed E-state index contributed by atoms with van der Waals surface area (Å²) >= 11 is 0. The fraction of sp³-hybridized carbons (Fsp3) is 0. The van der Waals surface area contributed by atoms with Crippen molar-refractivity contribution in [3.05, 3.63) is 42.1 Å². The molecule has 0 aliphatic carbocycles. The SMILES string of the molecule is [SiH3]NC=Cc1ccccc1. The first-order chi connectivity index (χ1) is 4.93. The van der Waals surface area contributed by atoms with Crippen LogP contribution in [-0.4, -0.2) is 10.4 Å². The maximum atomic E-state index is 3.07. The Morgan fingerprint density at radius 3 is 2.50 bits per heavy atom. The zero-order valence-corrected chi connectivity index (χ0v) is 8.04. The van der Waals surface area contributed by atoms with Gasteiger partial charge >= 0.3 is 0 Å². The molecule has 0 saturated carbocycles. The summed E-state index contributed by atoms with van der Waals surface area (Å²) in [4.78, 5) is 3.07. The van der Waals surface area contributed by atoms with Crippen molar-refractivity contribution in [3.63, 3.8) is 0 Å². The first-order valence-corrected chi connectivity index (χ1v) is 4.32. The van der Waals surface area contributed by atoms with E-state index in [4.69, 9.17) is 0 Å². The molecule has 0 aliphatic rings. The minimum absolute atomic E-state index is 1.01. The molecule has 52 valence electrons. The van der Waals surface area contributed by atoms with E-state index in [0.717, 1.165) is 10.4 Å². The van der Waals surface area contributed by atoms with Crippen LogP contribution in [0, 0.1) is 0 Å². The van der Waals surface area contributed by atoms with E-state index < -0.39 is 0 Å². The topological polar surface area (TPSA) is 12.0 Å². The van der Waals surface area contributed by atoms with Gasteiger partial charge in [-0.1, -0.05) is 30.3 Å². The third kappa shape index (κ3) is 2.07. The van der Waals surface area contributed by atoms with E-state index in [9.17, 15) is 0 Å². The molecule has 0 saturated heterocycles. The molecule has 1 N–H and O–H groups in total. The van der Waals surface area contributed by atoms with Crippen LogP contribution >= 0.6 is 0 Å². The lowest BCUT2D eigenvalue weighted by molar-refractivity contribution is 1.41. The Kier molecular flexibility index (Phi) is 2.77. The van der Waals surface area contributed by atoms with Gasteiger partial charge in [-0.3, -0.25) is 0 Å². The van der Waals surface area contributed by atoms with Crippen molar-refractivity contribution in [1.29, 1.82) is 0 Å². The monoisotopic (exact) mass is 149 g/mol. The second-order valence-electron chi connectivity index (χ2n) is 2.03. The molecule has 0 aromatic heterocycles. The van der Waals surface area contributed by atoms with Gasteiger partial charge in [0.05, 0.1) is 0 Å². The number of benzene rings is 1. The first kappa shape index (κ1) is 7.09. The van der Waals surface area contributed by atoms with Crippen LogP contribution in [0.3, 0.4) is 0 Å². The molecular formula is C8H11NSi. The van der Waals surface area contributed by atoms with Gasteiger partial charge in [-0.05, 0) is 17.8 Å². The second kappa shape index (κ2) is 3.90. The van der Waals surface area contributed by atoms with Crippen molar-refractivity contribution in [2.45, 2.75) is 0 Å². The lowest BCUT2D eigenvalue weighted by Gasteiger charge is -1.89. The van der Waals surface area contributed by atoms with Gasteiger partial charge in [0, 0.05) is 0 Å². The highest BCUT2D eigenvalue weighted by molar-refractivity contribution is 6.05. The average molecular weight is 149 g/mol. The predicted molar refractivity (Wildman–Crippen MR) is 48.6 cm³/mol. The van der Waals surface area contributed by atoms with E-state index in [2.05, 4.69) is 23.2 Å². The molecule has 0 aliphatic heterocycles. The van der Waals surface area contributed by atoms with Gasteiger partial charge < -0.3 is 4.98 Å². The van der Waals surface area contributed by atoms with Gasteiger partial charge in [-0.25, -0.2) is 0 Å². The molecule has 0 heterocycles. The molecule has 0 unspecified atom stereocenters. The van der Waals surface area contributed by atoms with E-state index in [0.29, 0.717) is 0 Å². The first-order valence-electron chi connectivity index (χ1n) is 3.32. The molecule has 2 heteroatoms. The van der Waals surface area contributed by atoms with Gasteiger partial charge in [-0.2, -0.15) is 0 Å². The normalized spacial score (nSPS) is 10.4. The van der Waals surface area contributed by atoms with E-state index in [1.54, 1.807) is 0 Å². The summed E-state index contributed by atoms with van der Waals surface area (Å²) < 4.78 is 0. The maximum absolute atomic E-state index is 3.07. The Labute approximate surface area is 64.3 Å². The largest absolute Gasteiger partial charge is 0.424 e. The van der Waals surface area contributed by atoms with E-state index >= 15 is 0 Å². The Balaban J connectivity index is 2.67. The molecule has 0 fully saturated rings. The molecule has 10 heavy (non-hydrogen) atoms. The molecule has 1 rings (SSSR count). The maximum Gasteiger partial charge on any atom is 0.103 e. The highest BCUT2D eigenvalue weighted by Crippen LogP contribution is 1.98. The summed E-state index contributed by atoms with van der Waals surface area (Å²) in [5, 5.41) is 0. The van der Waals surface area contributed by atoms with Crippen LogP contribution in [0.2, 0.25) is 0 Å². The standard InChI is InChI=1S/C8H11NSi/c10-9-7-6-8-4-2-1-3-5-8/h1-7,9H,10H3. The number of hydrogen-bond acceptors (Lipinski definition) is 1. The molecule has 1 aromatic rings. The Morgan fingerprint density at radius 1 is 1.20 bits per heavy atom. The van der Waals surface area contributed by atoms with Crippen LogP contribution in [0.1, 0.15) is 5.56 Å². The summed E-state index contributed by atoms with van der Waals surface area (Å²) in [7, 11) is 1.01. The zero-order valence-electron chi connectivity index (χ0n) is 6.04. The van der Waals surface area contributed by atoms with E-state index in [-0.39, 0.29) is 0 Å². The van der Waals surface area contributed by atoms with Crippen LogP contribution in [0.15, 0.2) is 36.5 Å². The fourth-order valence-electron chi connectivity index (χ4n) is 0.744. The minimum atomic E-state index is 1.01. The van der Waals surface area contributed by atoms with Crippen molar-refractivity contribution in [3.8, 4) is 0 Å². The quantitative estimate of drug-likeness (QED) is 0.605. The zero-order chi connectivity index (χ0) is 7.23. The van der Waals surface area contributed by atoms with E-state index in [1.807, 2.05) is 24.4 Å². The van der Waals surface area contributed by atoms with E-state index in [1.165, 1.54) is 5.56 Å². The molecular weight excluding hydrogens is 138 g/mol. The summed E-state index contributed by atoms with van der Waals surface area (Å²) in [6, 6.07) is 10.2. The Hall–Kier alpha value is -1.02. The highest BCUT2D eigenvalue weighted by Gasteiger charge is 1.78. The molecule has 1 nitrogen and oxygen atoms in total.